The van der Waals surface area contributed by atoms with Gasteiger partial charge in [-0.15, -0.1) is 0 Å². The van der Waals surface area contributed by atoms with Gasteiger partial charge in [-0.1, -0.05) is 0 Å². The van der Waals surface area contributed by atoms with Crippen LogP contribution in [0.2, 0.25) is 5.28 Å². The van der Waals surface area contributed by atoms with Crippen LogP contribution in [0.3, 0.4) is 0 Å². The van der Waals surface area contributed by atoms with E-state index in [-0.39, 0.29) is 11.3 Å². The van der Waals surface area contributed by atoms with Crippen molar-refractivity contribution in [2.45, 2.75) is 33.7 Å². The van der Waals surface area contributed by atoms with Crippen molar-refractivity contribution in [3.63, 3.8) is 0 Å². The minimum Gasteiger partial charge on any atom is -0.383 e. The smallest absolute Gasteiger partial charge is 0.231 e. The molecule has 7 heteroatoms. The van der Waals surface area contributed by atoms with Gasteiger partial charge in [-0.2, -0.15) is 15.0 Å². The summed E-state index contributed by atoms with van der Waals surface area (Å²) in [5.41, 5.74) is 0. The minimum atomic E-state index is 0.222. The SMILES string of the molecule is CCN(CC)c1nc(Cl)nc(N(CCOC)C(C)C)n1. The molecular weight excluding hydrogens is 278 g/mol. The fraction of sp³-hybridized carbons (Fsp3) is 0.769. The van der Waals surface area contributed by atoms with Crippen LogP contribution in [-0.4, -0.2) is 54.3 Å². The van der Waals surface area contributed by atoms with E-state index in [0.29, 0.717) is 25.0 Å². The van der Waals surface area contributed by atoms with E-state index in [0.717, 1.165) is 13.1 Å². The van der Waals surface area contributed by atoms with Gasteiger partial charge in [-0.25, -0.2) is 0 Å². The third-order valence-corrected chi connectivity index (χ3v) is 3.22. The molecular formula is C13H24ClN5O. The number of hydrogen-bond donors (Lipinski definition) is 0. The number of ether oxygens (including phenoxy) is 1. The molecule has 6 nitrogen and oxygen atoms in total. The maximum atomic E-state index is 6.04. The highest BCUT2D eigenvalue weighted by Gasteiger charge is 2.17. The summed E-state index contributed by atoms with van der Waals surface area (Å²) >= 11 is 6.04. The Labute approximate surface area is 126 Å². The first kappa shape index (κ1) is 16.9. The summed E-state index contributed by atoms with van der Waals surface area (Å²) in [6.07, 6.45) is 0. The van der Waals surface area contributed by atoms with Crippen molar-refractivity contribution in [2.75, 3.05) is 43.2 Å². The zero-order valence-corrected chi connectivity index (χ0v) is 13.7. The van der Waals surface area contributed by atoms with Crippen LogP contribution in [0.25, 0.3) is 0 Å². The molecule has 1 aromatic rings. The average Bonchev–Trinajstić information content (AvgIpc) is 2.39. The van der Waals surface area contributed by atoms with E-state index in [1.807, 2.05) is 4.90 Å². The van der Waals surface area contributed by atoms with Gasteiger partial charge in [0.05, 0.1) is 6.61 Å². The first-order valence-corrected chi connectivity index (χ1v) is 7.33. The summed E-state index contributed by atoms with van der Waals surface area (Å²) in [5, 5.41) is 0.222. The first-order valence-electron chi connectivity index (χ1n) is 6.95. The lowest BCUT2D eigenvalue weighted by Crippen LogP contribution is -2.36. The Morgan fingerprint density at radius 1 is 1.10 bits per heavy atom. The van der Waals surface area contributed by atoms with Crippen molar-refractivity contribution >= 4 is 23.5 Å². The number of anilines is 2. The second kappa shape index (κ2) is 8.21. The van der Waals surface area contributed by atoms with E-state index < -0.39 is 0 Å². The minimum absolute atomic E-state index is 0.222. The van der Waals surface area contributed by atoms with Crippen molar-refractivity contribution in [1.82, 2.24) is 15.0 Å². The fourth-order valence-electron chi connectivity index (χ4n) is 1.88. The maximum absolute atomic E-state index is 6.04. The van der Waals surface area contributed by atoms with E-state index in [1.165, 1.54) is 0 Å². The molecule has 0 amide bonds. The molecule has 0 aliphatic carbocycles. The molecule has 1 aromatic heterocycles. The van der Waals surface area contributed by atoms with Crippen molar-refractivity contribution in [3.8, 4) is 0 Å². The summed E-state index contributed by atoms with van der Waals surface area (Å²) < 4.78 is 5.14. The molecule has 1 rings (SSSR count). The van der Waals surface area contributed by atoms with Crippen molar-refractivity contribution < 1.29 is 4.74 Å². The summed E-state index contributed by atoms with van der Waals surface area (Å²) in [6, 6.07) is 0.258. The maximum Gasteiger partial charge on any atom is 0.231 e. The molecule has 0 radical (unpaired) electrons. The van der Waals surface area contributed by atoms with Crippen LogP contribution in [0.5, 0.6) is 0 Å². The zero-order chi connectivity index (χ0) is 15.1. The van der Waals surface area contributed by atoms with Crippen LogP contribution in [0.15, 0.2) is 0 Å². The van der Waals surface area contributed by atoms with Crippen LogP contribution in [-0.2, 0) is 4.74 Å². The lowest BCUT2D eigenvalue weighted by atomic mass is 10.3. The Balaban J connectivity index is 3.08. The van der Waals surface area contributed by atoms with Crippen LogP contribution in [0.1, 0.15) is 27.7 Å². The Morgan fingerprint density at radius 3 is 2.20 bits per heavy atom. The van der Waals surface area contributed by atoms with Crippen molar-refractivity contribution in [3.05, 3.63) is 5.28 Å². The monoisotopic (exact) mass is 301 g/mol. The molecule has 0 atom stereocenters. The van der Waals surface area contributed by atoms with Crippen molar-refractivity contribution in [1.29, 1.82) is 0 Å². The molecule has 0 aliphatic heterocycles. The molecule has 20 heavy (non-hydrogen) atoms. The molecule has 0 bridgehead atoms. The van der Waals surface area contributed by atoms with Gasteiger partial charge in [-0.05, 0) is 39.3 Å². The Hall–Kier alpha value is -1.14. The predicted molar refractivity (Wildman–Crippen MR) is 82.8 cm³/mol. The lowest BCUT2D eigenvalue weighted by molar-refractivity contribution is 0.203. The van der Waals surface area contributed by atoms with Gasteiger partial charge in [0, 0.05) is 32.8 Å². The number of hydrogen-bond acceptors (Lipinski definition) is 6. The quantitative estimate of drug-likeness (QED) is 0.734. The van der Waals surface area contributed by atoms with E-state index in [1.54, 1.807) is 7.11 Å². The van der Waals surface area contributed by atoms with E-state index in [2.05, 4.69) is 47.5 Å². The highest BCUT2D eigenvalue weighted by Crippen LogP contribution is 2.18. The molecule has 0 unspecified atom stereocenters. The first-order chi connectivity index (χ1) is 9.53. The Bertz CT molecular complexity index is 412. The van der Waals surface area contributed by atoms with Crippen molar-refractivity contribution in [2.24, 2.45) is 0 Å². The number of rotatable bonds is 8. The Kier molecular flexibility index (Phi) is 6.95. The number of aromatic nitrogens is 3. The van der Waals surface area contributed by atoms with Gasteiger partial charge in [-0.3, -0.25) is 0 Å². The third-order valence-electron chi connectivity index (χ3n) is 3.05. The zero-order valence-electron chi connectivity index (χ0n) is 12.9. The van der Waals surface area contributed by atoms with Crippen LogP contribution < -0.4 is 9.80 Å². The molecule has 0 saturated heterocycles. The largest absolute Gasteiger partial charge is 0.383 e. The Morgan fingerprint density at radius 2 is 1.70 bits per heavy atom. The second-order valence-electron chi connectivity index (χ2n) is 4.66. The normalized spacial score (nSPS) is 10.9. The molecule has 1 heterocycles. The molecule has 0 aliphatic rings. The van der Waals surface area contributed by atoms with Gasteiger partial charge in [0.25, 0.3) is 0 Å². The van der Waals surface area contributed by atoms with Gasteiger partial charge in [0.2, 0.25) is 17.2 Å². The standard InChI is InChI=1S/C13H24ClN5O/c1-6-18(7-2)12-15-11(14)16-13(17-12)19(10(3)4)8-9-20-5/h10H,6-9H2,1-5H3. The number of nitrogens with zero attached hydrogens (tertiary/aromatic N) is 5. The highest BCUT2D eigenvalue weighted by molar-refractivity contribution is 6.28. The third kappa shape index (κ3) is 4.45. The topological polar surface area (TPSA) is 54.4 Å². The van der Waals surface area contributed by atoms with Gasteiger partial charge in [0.15, 0.2) is 0 Å². The fourth-order valence-corrected chi connectivity index (χ4v) is 2.04. The number of halogens is 1. The molecule has 0 fully saturated rings. The summed E-state index contributed by atoms with van der Waals surface area (Å²) in [5.74, 6) is 1.21. The van der Waals surface area contributed by atoms with Gasteiger partial charge in [0.1, 0.15) is 0 Å². The average molecular weight is 302 g/mol. The van der Waals surface area contributed by atoms with Gasteiger partial charge < -0.3 is 14.5 Å². The highest BCUT2D eigenvalue weighted by atomic mass is 35.5. The molecule has 0 aromatic carbocycles. The molecule has 114 valence electrons. The second-order valence-corrected chi connectivity index (χ2v) is 4.99. The van der Waals surface area contributed by atoms with Crippen LogP contribution in [0, 0.1) is 0 Å². The van der Waals surface area contributed by atoms with E-state index >= 15 is 0 Å². The van der Waals surface area contributed by atoms with E-state index in [4.69, 9.17) is 16.3 Å². The summed E-state index contributed by atoms with van der Waals surface area (Å²) in [7, 11) is 1.68. The predicted octanol–water partition coefficient (Wildman–Crippen LogP) is 2.23. The van der Waals surface area contributed by atoms with E-state index in [9.17, 15) is 0 Å². The van der Waals surface area contributed by atoms with Crippen LogP contribution in [0.4, 0.5) is 11.9 Å². The lowest BCUT2D eigenvalue weighted by Gasteiger charge is -2.27. The van der Waals surface area contributed by atoms with Gasteiger partial charge >= 0.3 is 0 Å². The molecule has 0 spiro atoms. The summed E-state index contributed by atoms with van der Waals surface area (Å²) in [6.45, 7) is 11.3. The molecule has 0 N–H and O–H groups in total. The summed E-state index contributed by atoms with van der Waals surface area (Å²) in [4.78, 5) is 17.1. The van der Waals surface area contributed by atoms with Crippen LogP contribution >= 0.6 is 11.6 Å². The molecule has 0 saturated carbocycles. The number of methoxy groups -OCH3 is 1.